The summed E-state index contributed by atoms with van der Waals surface area (Å²) < 4.78 is 0. The zero-order valence-corrected chi connectivity index (χ0v) is 18.4. The zero-order chi connectivity index (χ0) is 23.7. The number of rotatable bonds is 3. The molecule has 4 rings (SSSR count). The Morgan fingerprint density at radius 3 is 2.38 bits per heavy atom. The third-order valence-electron chi connectivity index (χ3n) is 6.96. The highest BCUT2D eigenvalue weighted by Gasteiger charge is 2.64. The predicted octanol–water partition coefficient (Wildman–Crippen LogP) is 0.324. The number of anilines is 1. The minimum absolute atomic E-state index is 0.00520. The van der Waals surface area contributed by atoms with Crippen LogP contribution in [0.4, 0.5) is 5.69 Å². The number of aliphatic hydroxyl groups is 3. The van der Waals surface area contributed by atoms with Crippen LogP contribution in [0.1, 0.15) is 17.5 Å². The lowest BCUT2D eigenvalue weighted by Crippen LogP contribution is -2.65. The Morgan fingerprint density at radius 1 is 1.16 bits per heavy atom. The van der Waals surface area contributed by atoms with Gasteiger partial charge in [-0.25, -0.2) is 0 Å². The number of aliphatic hydroxyl groups excluding tert-OH is 2. The molecule has 3 aliphatic rings. The van der Waals surface area contributed by atoms with E-state index >= 15 is 0 Å². The van der Waals surface area contributed by atoms with E-state index < -0.39 is 52.3 Å². The summed E-state index contributed by atoms with van der Waals surface area (Å²) in [6.45, 7) is 0. The van der Waals surface area contributed by atoms with Gasteiger partial charge in [-0.05, 0) is 44.5 Å². The highest BCUT2D eigenvalue weighted by atomic mass is 16.3. The quantitative estimate of drug-likeness (QED) is 0.491. The standard InChI is InChI=1S/C23H27N3O6/c1-25(2)14-7-5-6-11-12(14)8-10-9-13-17(26(3)4)19(28)16(22(24)31)21(30)23(13,32)20(29)15(10)18(11)27/h5-7,10,13,17,27,30,32H,8-9H2,1-4H3,(H2,24,31)/t10-,13-,17-,23-/m0/s1. The summed E-state index contributed by atoms with van der Waals surface area (Å²) in [4.78, 5) is 42.1. The largest absolute Gasteiger partial charge is 0.508 e. The van der Waals surface area contributed by atoms with Crippen LogP contribution in [0.3, 0.4) is 0 Å². The molecule has 1 aromatic rings. The van der Waals surface area contributed by atoms with Crippen LogP contribution in [-0.4, -0.2) is 77.5 Å². The van der Waals surface area contributed by atoms with Crippen molar-refractivity contribution >= 4 is 28.9 Å². The van der Waals surface area contributed by atoms with Crippen LogP contribution in [0.15, 0.2) is 35.1 Å². The average molecular weight is 441 g/mol. The van der Waals surface area contributed by atoms with Gasteiger partial charge in [-0.15, -0.1) is 0 Å². The number of Topliss-reactive ketones (excluding diaryl/α,β-unsaturated/α-hetero) is 2. The molecule has 32 heavy (non-hydrogen) atoms. The minimum Gasteiger partial charge on any atom is -0.508 e. The molecular formula is C23H27N3O6. The van der Waals surface area contributed by atoms with E-state index in [9.17, 15) is 29.7 Å². The lowest BCUT2D eigenvalue weighted by Gasteiger charge is -2.50. The molecule has 9 heteroatoms. The van der Waals surface area contributed by atoms with Gasteiger partial charge in [0.1, 0.15) is 17.1 Å². The number of hydrogen-bond donors (Lipinski definition) is 4. The first-order chi connectivity index (χ1) is 14.9. The molecule has 1 amide bonds. The van der Waals surface area contributed by atoms with Gasteiger partial charge in [-0.1, -0.05) is 12.1 Å². The van der Waals surface area contributed by atoms with Crippen LogP contribution in [0.25, 0.3) is 5.76 Å². The van der Waals surface area contributed by atoms with Crippen molar-refractivity contribution in [3.05, 3.63) is 46.2 Å². The summed E-state index contributed by atoms with van der Waals surface area (Å²) >= 11 is 0. The molecule has 4 atom stereocenters. The Hall–Kier alpha value is -3.17. The summed E-state index contributed by atoms with van der Waals surface area (Å²) in [5.74, 6) is -5.64. The third-order valence-corrected chi connectivity index (χ3v) is 6.96. The fraction of sp³-hybridized carbons (Fsp3) is 0.435. The van der Waals surface area contributed by atoms with Crippen LogP contribution >= 0.6 is 0 Å². The first-order valence-electron chi connectivity index (χ1n) is 10.4. The van der Waals surface area contributed by atoms with Crippen molar-refractivity contribution in [2.24, 2.45) is 17.6 Å². The molecule has 0 spiro atoms. The van der Waals surface area contributed by atoms with Crippen LogP contribution in [0, 0.1) is 11.8 Å². The van der Waals surface area contributed by atoms with Crippen molar-refractivity contribution < 1.29 is 29.7 Å². The fourth-order valence-electron chi connectivity index (χ4n) is 5.57. The topological polar surface area (TPSA) is 144 Å². The molecule has 0 aliphatic heterocycles. The zero-order valence-electron chi connectivity index (χ0n) is 18.4. The Morgan fingerprint density at radius 2 is 1.81 bits per heavy atom. The molecule has 1 aromatic carbocycles. The lowest BCUT2D eigenvalue weighted by atomic mass is 9.57. The molecule has 0 aromatic heterocycles. The van der Waals surface area contributed by atoms with Crippen LogP contribution < -0.4 is 10.6 Å². The van der Waals surface area contributed by atoms with Gasteiger partial charge >= 0.3 is 0 Å². The summed E-state index contributed by atoms with van der Waals surface area (Å²) in [7, 11) is 6.95. The number of nitrogens with zero attached hydrogens (tertiary/aromatic N) is 2. The molecule has 1 saturated carbocycles. The molecule has 1 fully saturated rings. The van der Waals surface area contributed by atoms with Gasteiger partial charge < -0.3 is 26.0 Å². The van der Waals surface area contributed by atoms with E-state index in [4.69, 9.17) is 5.73 Å². The van der Waals surface area contributed by atoms with Gasteiger partial charge in [0.15, 0.2) is 11.4 Å². The Balaban J connectivity index is 1.97. The highest BCUT2D eigenvalue weighted by molar-refractivity contribution is 6.24. The molecular weight excluding hydrogens is 414 g/mol. The van der Waals surface area contributed by atoms with Crippen molar-refractivity contribution in [3.63, 3.8) is 0 Å². The normalized spacial score (nSPS) is 29.6. The molecule has 0 saturated heterocycles. The monoisotopic (exact) mass is 441 g/mol. The van der Waals surface area contributed by atoms with E-state index in [0.717, 1.165) is 11.3 Å². The summed E-state index contributed by atoms with van der Waals surface area (Å²) in [6, 6.07) is 4.33. The number of primary amides is 1. The van der Waals surface area contributed by atoms with Gasteiger partial charge in [-0.2, -0.15) is 0 Å². The first kappa shape index (κ1) is 22.0. The van der Waals surface area contributed by atoms with Gasteiger partial charge in [0, 0.05) is 36.8 Å². The van der Waals surface area contributed by atoms with Gasteiger partial charge in [-0.3, -0.25) is 19.3 Å². The summed E-state index contributed by atoms with van der Waals surface area (Å²) in [5, 5.41) is 33.4. The highest BCUT2D eigenvalue weighted by Crippen LogP contribution is 2.52. The number of nitrogens with two attached hydrogens (primary N) is 1. The number of fused-ring (bicyclic) bond motifs is 3. The molecule has 0 heterocycles. The Bertz CT molecular complexity index is 1120. The second-order valence-electron chi connectivity index (χ2n) is 9.16. The van der Waals surface area contributed by atoms with Crippen molar-refractivity contribution in [2.75, 3.05) is 33.1 Å². The maximum Gasteiger partial charge on any atom is 0.255 e. The lowest BCUT2D eigenvalue weighted by molar-refractivity contribution is -0.153. The van der Waals surface area contributed by atoms with Crippen molar-refractivity contribution in [2.45, 2.75) is 24.5 Å². The number of benzene rings is 1. The average Bonchev–Trinajstić information content (AvgIpc) is 2.70. The maximum absolute atomic E-state index is 13.7. The maximum atomic E-state index is 13.7. The molecule has 0 bridgehead atoms. The van der Waals surface area contributed by atoms with Crippen LogP contribution in [-0.2, 0) is 20.8 Å². The number of carbonyl (C=O) groups excluding carboxylic acids is 3. The number of ketones is 2. The summed E-state index contributed by atoms with van der Waals surface area (Å²) in [6.07, 6.45) is 0.566. The van der Waals surface area contributed by atoms with Crippen molar-refractivity contribution in [1.29, 1.82) is 0 Å². The number of likely N-dealkylation sites (N-methyl/N-ethyl adjacent to an activating group) is 1. The van der Waals surface area contributed by atoms with Crippen molar-refractivity contribution in [1.82, 2.24) is 4.90 Å². The number of carbonyl (C=O) groups is 3. The Kier molecular flexibility index (Phi) is 4.94. The van der Waals surface area contributed by atoms with Crippen LogP contribution in [0.5, 0.6) is 0 Å². The smallest absolute Gasteiger partial charge is 0.255 e. The van der Waals surface area contributed by atoms with Gasteiger partial charge in [0.05, 0.1) is 6.04 Å². The van der Waals surface area contributed by atoms with E-state index in [2.05, 4.69) is 0 Å². The SMILES string of the molecule is CN(C)c1cccc2c1C[C@H]1C[C@H]3[C@H](N(C)C)C(=O)C(C(N)=O)=C(O)[C@@]3(O)C(=O)C1=C2O. The molecule has 170 valence electrons. The first-order valence-corrected chi connectivity index (χ1v) is 10.4. The Labute approximate surface area is 185 Å². The molecule has 3 aliphatic carbocycles. The van der Waals surface area contributed by atoms with Crippen molar-refractivity contribution in [3.8, 4) is 0 Å². The predicted molar refractivity (Wildman–Crippen MR) is 117 cm³/mol. The van der Waals surface area contributed by atoms with E-state index in [1.165, 1.54) is 4.90 Å². The van der Waals surface area contributed by atoms with E-state index in [1.807, 2.05) is 25.1 Å². The molecule has 5 N–H and O–H groups in total. The number of amides is 1. The van der Waals surface area contributed by atoms with E-state index in [-0.39, 0.29) is 17.8 Å². The molecule has 0 radical (unpaired) electrons. The fourth-order valence-corrected chi connectivity index (χ4v) is 5.57. The second kappa shape index (κ2) is 7.18. The van der Waals surface area contributed by atoms with Gasteiger partial charge in [0.2, 0.25) is 5.78 Å². The van der Waals surface area contributed by atoms with Gasteiger partial charge in [0.25, 0.3) is 5.91 Å². The second-order valence-corrected chi connectivity index (χ2v) is 9.16. The molecule has 9 nitrogen and oxygen atoms in total. The summed E-state index contributed by atoms with van der Waals surface area (Å²) in [5.41, 5.74) is 4.23. The van der Waals surface area contributed by atoms with E-state index in [1.54, 1.807) is 26.2 Å². The third kappa shape index (κ3) is 2.74. The van der Waals surface area contributed by atoms with Crippen LogP contribution in [0.2, 0.25) is 0 Å². The molecule has 0 unspecified atom stereocenters. The number of hydrogen-bond acceptors (Lipinski definition) is 8. The minimum atomic E-state index is -2.54. The van der Waals surface area contributed by atoms with E-state index in [0.29, 0.717) is 12.0 Å².